The second-order valence-electron chi connectivity index (χ2n) is 8.29. The highest BCUT2D eigenvalue weighted by atomic mass is 28.3. The third kappa shape index (κ3) is 6.39. The number of alkyl halides is 3. The minimum Gasteiger partial charge on any atom is -0.373 e. The van der Waals surface area contributed by atoms with E-state index in [0.29, 0.717) is 12.2 Å². The van der Waals surface area contributed by atoms with Gasteiger partial charge in [-0.05, 0) is 26.8 Å². The predicted octanol–water partition coefficient (Wildman–Crippen LogP) is 4.90. The summed E-state index contributed by atoms with van der Waals surface area (Å²) in [4.78, 5) is 2.48. The molecule has 0 amide bonds. The van der Waals surface area contributed by atoms with Crippen LogP contribution in [0.1, 0.15) is 38.7 Å². The van der Waals surface area contributed by atoms with E-state index in [0.717, 1.165) is 37.3 Å². The molecule has 0 aliphatic carbocycles. The van der Waals surface area contributed by atoms with Gasteiger partial charge in [0, 0.05) is 13.1 Å². The van der Waals surface area contributed by atoms with Crippen molar-refractivity contribution in [3.63, 3.8) is 0 Å². The van der Waals surface area contributed by atoms with Crippen molar-refractivity contribution in [3.8, 4) is 0 Å². The Morgan fingerprint density at radius 1 is 1.00 bits per heavy atom. The van der Waals surface area contributed by atoms with Crippen molar-refractivity contribution in [1.29, 1.82) is 0 Å². The SMILES string of the molecule is CC1CN(CCCCC[Si](C)(C)c2ccc(C(F)(F)F)cc2)CC(C)O1. The second-order valence-corrected chi connectivity index (χ2v) is 13.1. The van der Waals surface area contributed by atoms with Gasteiger partial charge in [0.15, 0.2) is 0 Å². The fourth-order valence-corrected chi connectivity index (χ4v) is 6.29. The van der Waals surface area contributed by atoms with Crippen molar-refractivity contribution in [2.45, 2.75) is 70.6 Å². The Balaban J connectivity index is 1.74. The molecule has 148 valence electrons. The molecule has 26 heavy (non-hydrogen) atoms. The molecule has 1 heterocycles. The number of benzene rings is 1. The summed E-state index contributed by atoms with van der Waals surface area (Å²) < 4.78 is 43.9. The third-order valence-electron chi connectivity index (χ3n) is 5.27. The molecular weight excluding hydrogens is 355 g/mol. The quantitative estimate of drug-likeness (QED) is 0.487. The number of ether oxygens (including phenoxy) is 1. The Morgan fingerprint density at radius 2 is 1.58 bits per heavy atom. The van der Waals surface area contributed by atoms with E-state index in [9.17, 15) is 13.2 Å². The number of hydrogen-bond acceptors (Lipinski definition) is 2. The summed E-state index contributed by atoms with van der Waals surface area (Å²) in [6, 6.07) is 6.95. The molecule has 6 heteroatoms. The fraction of sp³-hybridized carbons (Fsp3) is 0.700. The lowest BCUT2D eigenvalue weighted by atomic mass is 10.2. The van der Waals surface area contributed by atoms with E-state index in [-0.39, 0.29) is 0 Å². The van der Waals surface area contributed by atoms with E-state index in [1.54, 1.807) is 12.1 Å². The van der Waals surface area contributed by atoms with Crippen LogP contribution in [0.3, 0.4) is 0 Å². The number of hydrogen-bond donors (Lipinski definition) is 0. The number of rotatable bonds is 7. The average molecular weight is 388 g/mol. The van der Waals surface area contributed by atoms with E-state index in [1.165, 1.54) is 25.0 Å². The molecule has 0 N–H and O–H groups in total. The smallest absolute Gasteiger partial charge is 0.373 e. The van der Waals surface area contributed by atoms with Crippen LogP contribution in [-0.2, 0) is 10.9 Å². The van der Waals surface area contributed by atoms with Gasteiger partial charge in [0.1, 0.15) is 0 Å². The first-order chi connectivity index (χ1) is 12.1. The molecule has 0 spiro atoms. The summed E-state index contributed by atoms with van der Waals surface area (Å²) in [7, 11) is -1.67. The van der Waals surface area contributed by atoms with Gasteiger partial charge >= 0.3 is 6.18 Å². The first kappa shape index (κ1) is 21.4. The van der Waals surface area contributed by atoms with Crippen LogP contribution in [0.15, 0.2) is 24.3 Å². The number of morpholine rings is 1. The molecule has 0 bridgehead atoms. The zero-order chi connectivity index (χ0) is 19.4. The Morgan fingerprint density at radius 3 is 2.12 bits per heavy atom. The first-order valence-electron chi connectivity index (χ1n) is 9.63. The van der Waals surface area contributed by atoms with Crippen molar-refractivity contribution in [2.24, 2.45) is 0 Å². The zero-order valence-electron chi connectivity index (χ0n) is 16.4. The van der Waals surface area contributed by atoms with Crippen LogP contribution in [0, 0.1) is 0 Å². The zero-order valence-corrected chi connectivity index (χ0v) is 17.4. The molecule has 1 fully saturated rings. The lowest BCUT2D eigenvalue weighted by molar-refractivity contribution is -0.137. The van der Waals surface area contributed by atoms with Crippen LogP contribution in [0.4, 0.5) is 13.2 Å². The standard InChI is InChI=1S/C20H32F3NOSi/c1-16-14-24(15-17(2)25-16)12-6-5-7-13-26(3,4)19-10-8-18(9-11-19)20(21,22)23/h8-11,16-17H,5-7,12-15H2,1-4H3. The molecule has 2 atom stereocenters. The maximum atomic E-state index is 12.7. The normalized spacial score (nSPS) is 22.6. The molecule has 2 rings (SSSR count). The fourth-order valence-electron chi connectivity index (χ4n) is 3.80. The number of halogens is 3. The molecule has 1 saturated heterocycles. The lowest BCUT2D eigenvalue weighted by Gasteiger charge is -2.35. The van der Waals surface area contributed by atoms with Crippen molar-refractivity contribution >= 4 is 13.3 Å². The summed E-state index contributed by atoms with van der Waals surface area (Å²) in [5.41, 5.74) is -0.556. The minimum atomic E-state index is -4.25. The Kier molecular flexibility index (Phi) is 7.33. The summed E-state index contributed by atoms with van der Waals surface area (Å²) in [5, 5.41) is 1.11. The van der Waals surface area contributed by atoms with Crippen molar-refractivity contribution in [3.05, 3.63) is 29.8 Å². The molecule has 0 saturated carbocycles. The van der Waals surface area contributed by atoms with Gasteiger partial charge in [0.05, 0.1) is 25.8 Å². The van der Waals surface area contributed by atoms with Crippen molar-refractivity contribution in [2.75, 3.05) is 19.6 Å². The summed E-state index contributed by atoms with van der Waals surface area (Å²) in [6.45, 7) is 11.9. The predicted molar refractivity (Wildman–Crippen MR) is 104 cm³/mol. The van der Waals surface area contributed by atoms with E-state index >= 15 is 0 Å². The van der Waals surface area contributed by atoms with Gasteiger partial charge in [-0.2, -0.15) is 13.2 Å². The van der Waals surface area contributed by atoms with Gasteiger partial charge in [-0.1, -0.05) is 61.4 Å². The largest absolute Gasteiger partial charge is 0.416 e. The van der Waals surface area contributed by atoms with E-state index in [4.69, 9.17) is 4.74 Å². The van der Waals surface area contributed by atoms with Crippen LogP contribution in [0.25, 0.3) is 0 Å². The van der Waals surface area contributed by atoms with Crippen LogP contribution in [0.5, 0.6) is 0 Å². The van der Waals surface area contributed by atoms with Crippen LogP contribution < -0.4 is 5.19 Å². The molecular formula is C20H32F3NOSi. The molecule has 1 aromatic rings. The van der Waals surface area contributed by atoms with E-state index in [2.05, 4.69) is 31.8 Å². The highest BCUT2D eigenvalue weighted by Crippen LogP contribution is 2.28. The summed E-state index contributed by atoms with van der Waals surface area (Å²) >= 11 is 0. The molecule has 2 unspecified atom stereocenters. The third-order valence-corrected chi connectivity index (χ3v) is 8.76. The van der Waals surface area contributed by atoms with Gasteiger partial charge in [-0.3, -0.25) is 4.90 Å². The van der Waals surface area contributed by atoms with Crippen LogP contribution in [-0.4, -0.2) is 44.8 Å². The molecule has 1 aliphatic heterocycles. The maximum Gasteiger partial charge on any atom is 0.416 e. The number of nitrogens with zero attached hydrogens (tertiary/aromatic N) is 1. The first-order valence-corrected chi connectivity index (χ1v) is 12.8. The van der Waals surface area contributed by atoms with Gasteiger partial charge < -0.3 is 4.74 Å². The van der Waals surface area contributed by atoms with Gasteiger partial charge in [0.25, 0.3) is 0 Å². The highest BCUT2D eigenvalue weighted by molar-refractivity contribution is 6.89. The molecule has 1 aliphatic rings. The summed E-state index contributed by atoms with van der Waals surface area (Å²) in [5.74, 6) is 0. The van der Waals surface area contributed by atoms with Gasteiger partial charge in [0.2, 0.25) is 0 Å². The van der Waals surface area contributed by atoms with Crippen molar-refractivity contribution in [1.82, 2.24) is 4.90 Å². The maximum absolute atomic E-state index is 12.7. The second kappa shape index (κ2) is 8.89. The summed E-state index contributed by atoms with van der Waals surface area (Å²) in [6.07, 6.45) is -0.128. The van der Waals surface area contributed by atoms with Crippen molar-refractivity contribution < 1.29 is 17.9 Å². The van der Waals surface area contributed by atoms with Crippen LogP contribution in [0.2, 0.25) is 19.1 Å². The van der Waals surface area contributed by atoms with E-state index in [1.807, 2.05) is 0 Å². The Hall–Kier alpha value is -0.853. The molecule has 2 nitrogen and oxygen atoms in total. The minimum absolute atomic E-state index is 0.310. The Labute approximate surface area is 156 Å². The molecule has 1 aromatic carbocycles. The van der Waals surface area contributed by atoms with Gasteiger partial charge in [-0.15, -0.1) is 0 Å². The molecule has 0 radical (unpaired) electrons. The van der Waals surface area contributed by atoms with Crippen LogP contribution >= 0.6 is 0 Å². The number of unbranched alkanes of at least 4 members (excludes halogenated alkanes) is 2. The topological polar surface area (TPSA) is 12.5 Å². The van der Waals surface area contributed by atoms with E-state index < -0.39 is 19.8 Å². The Bertz CT molecular complexity index is 549. The highest BCUT2D eigenvalue weighted by Gasteiger charge is 2.31. The average Bonchev–Trinajstić information content (AvgIpc) is 2.53. The lowest BCUT2D eigenvalue weighted by Crippen LogP contribution is -2.45. The monoisotopic (exact) mass is 387 g/mol. The van der Waals surface area contributed by atoms with Gasteiger partial charge in [-0.25, -0.2) is 0 Å². The molecule has 0 aromatic heterocycles.